The summed E-state index contributed by atoms with van der Waals surface area (Å²) >= 11 is 1.29. The number of carbonyl (C=O) groups is 1. The fourth-order valence-electron chi connectivity index (χ4n) is 2.06. The molecule has 0 spiro atoms. The minimum atomic E-state index is -0.262. The van der Waals surface area contributed by atoms with Gasteiger partial charge in [-0.05, 0) is 12.5 Å². The molecule has 0 aliphatic heterocycles. The van der Waals surface area contributed by atoms with Gasteiger partial charge < -0.3 is 4.74 Å². The highest BCUT2D eigenvalue weighted by atomic mass is 32.1. The number of benzene rings is 1. The number of amides is 1. The second-order valence-corrected chi connectivity index (χ2v) is 6.20. The van der Waals surface area contributed by atoms with Crippen LogP contribution >= 0.6 is 11.3 Å². The van der Waals surface area contributed by atoms with Crippen LogP contribution in [-0.2, 0) is 11.3 Å². The third kappa shape index (κ3) is 3.84. The summed E-state index contributed by atoms with van der Waals surface area (Å²) in [4.78, 5) is 12.3. The fraction of sp³-hybridized carbons (Fsp3) is 0.250. The Labute approximate surface area is 143 Å². The van der Waals surface area contributed by atoms with E-state index in [0.717, 1.165) is 5.56 Å². The van der Waals surface area contributed by atoms with Crippen molar-refractivity contribution in [2.75, 3.05) is 12.4 Å². The SMILES string of the molecule is COC(C)c1nnc(NC(=O)c2cnn(Cc3ccccc3)c2)s1. The van der Waals surface area contributed by atoms with Crippen LogP contribution in [0.1, 0.15) is 34.0 Å². The summed E-state index contributed by atoms with van der Waals surface area (Å²) in [5.41, 5.74) is 1.59. The molecule has 1 amide bonds. The Bertz CT molecular complexity index is 815. The topological polar surface area (TPSA) is 81.9 Å². The Morgan fingerprint density at radius 3 is 2.88 bits per heavy atom. The molecule has 2 heterocycles. The average Bonchev–Trinajstić information content (AvgIpc) is 3.25. The van der Waals surface area contributed by atoms with Crippen LogP contribution < -0.4 is 5.32 Å². The van der Waals surface area contributed by atoms with Gasteiger partial charge in [0.15, 0.2) is 0 Å². The molecule has 0 saturated carbocycles. The molecule has 3 aromatic rings. The molecular formula is C16H17N5O2S. The Morgan fingerprint density at radius 2 is 2.12 bits per heavy atom. The van der Waals surface area contributed by atoms with Gasteiger partial charge in [0.2, 0.25) is 5.13 Å². The number of carbonyl (C=O) groups excluding carboxylic acids is 1. The third-order valence-electron chi connectivity index (χ3n) is 3.45. The lowest BCUT2D eigenvalue weighted by atomic mass is 10.2. The number of rotatable bonds is 6. The molecule has 3 rings (SSSR count). The maximum absolute atomic E-state index is 12.3. The quantitative estimate of drug-likeness (QED) is 0.744. The number of hydrogen-bond donors (Lipinski definition) is 1. The minimum Gasteiger partial charge on any atom is -0.374 e. The van der Waals surface area contributed by atoms with Gasteiger partial charge in [-0.25, -0.2) is 0 Å². The van der Waals surface area contributed by atoms with Crippen LogP contribution in [0.25, 0.3) is 0 Å². The summed E-state index contributed by atoms with van der Waals surface area (Å²) in [6.07, 6.45) is 3.10. The highest BCUT2D eigenvalue weighted by Crippen LogP contribution is 2.23. The first kappa shape index (κ1) is 16.3. The van der Waals surface area contributed by atoms with Crippen molar-refractivity contribution in [2.24, 2.45) is 0 Å². The van der Waals surface area contributed by atoms with E-state index in [1.54, 1.807) is 18.0 Å². The van der Waals surface area contributed by atoms with Crippen LogP contribution in [0.15, 0.2) is 42.7 Å². The molecule has 1 atom stereocenters. The molecule has 2 aromatic heterocycles. The molecular weight excluding hydrogens is 326 g/mol. The van der Waals surface area contributed by atoms with E-state index >= 15 is 0 Å². The van der Waals surface area contributed by atoms with Gasteiger partial charge >= 0.3 is 0 Å². The number of methoxy groups -OCH3 is 1. The molecule has 0 saturated heterocycles. The summed E-state index contributed by atoms with van der Waals surface area (Å²) < 4.78 is 6.91. The maximum Gasteiger partial charge on any atom is 0.260 e. The normalized spacial score (nSPS) is 12.1. The predicted octanol–water partition coefficient (Wildman–Crippen LogP) is 2.74. The number of nitrogens with zero attached hydrogens (tertiary/aromatic N) is 4. The summed E-state index contributed by atoms with van der Waals surface area (Å²) in [7, 11) is 1.60. The maximum atomic E-state index is 12.3. The van der Waals surface area contributed by atoms with Gasteiger partial charge in [0.25, 0.3) is 5.91 Å². The van der Waals surface area contributed by atoms with Crippen LogP contribution in [0, 0.1) is 0 Å². The first-order valence-electron chi connectivity index (χ1n) is 7.39. The van der Waals surface area contributed by atoms with Crippen molar-refractivity contribution in [2.45, 2.75) is 19.6 Å². The second kappa shape index (κ2) is 7.33. The standard InChI is InChI=1S/C16H17N5O2S/c1-11(23-2)15-19-20-16(24-15)18-14(22)13-8-17-21(10-13)9-12-6-4-3-5-7-12/h3-8,10-11H,9H2,1-2H3,(H,18,20,22). The molecule has 0 fully saturated rings. The molecule has 1 N–H and O–H groups in total. The summed E-state index contributed by atoms with van der Waals surface area (Å²) in [5, 5.41) is 16.1. The molecule has 1 unspecified atom stereocenters. The molecule has 0 aliphatic carbocycles. The molecule has 0 radical (unpaired) electrons. The van der Waals surface area contributed by atoms with Gasteiger partial charge in [-0.3, -0.25) is 14.8 Å². The smallest absolute Gasteiger partial charge is 0.260 e. The molecule has 0 bridgehead atoms. The highest BCUT2D eigenvalue weighted by Gasteiger charge is 2.15. The van der Waals surface area contributed by atoms with Crippen molar-refractivity contribution in [1.29, 1.82) is 0 Å². The molecule has 8 heteroatoms. The minimum absolute atomic E-state index is 0.151. The summed E-state index contributed by atoms with van der Waals surface area (Å²) in [6.45, 7) is 2.49. The van der Waals surface area contributed by atoms with Crippen molar-refractivity contribution < 1.29 is 9.53 Å². The second-order valence-electron chi connectivity index (χ2n) is 5.19. The molecule has 24 heavy (non-hydrogen) atoms. The number of hydrogen-bond acceptors (Lipinski definition) is 6. The largest absolute Gasteiger partial charge is 0.374 e. The van der Waals surface area contributed by atoms with Gasteiger partial charge in [0.05, 0.1) is 18.3 Å². The van der Waals surface area contributed by atoms with E-state index in [9.17, 15) is 4.79 Å². The van der Waals surface area contributed by atoms with Crippen LogP contribution in [0.2, 0.25) is 0 Å². The fourth-order valence-corrected chi connectivity index (χ4v) is 2.82. The number of nitrogens with one attached hydrogen (secondary N) is 1. The summed E-state index contributed by atoms with van der Waals surface area (Å²) in [5.74, 6) is -0.262. The first-order chi connectivity index (χ1) is 11.7. The Hall–Kier alpha value is -2.58. The van der Waals surface area contributed by atoms with Crippen LogP contribution in [0.5, 0.6) is 0 Å². The van der Waals surface area contributed by atoms with Crippen molar-refractivity contribution >= 4 is 22.4 Å². The third-order valence-corrected chi connectivity index (χ3v) is 4.45. The van der Waals surface area contributed by atoms with E-state index < -0.39 is 0 Å². The van der Waals surface area contributed by atoms with E-state index in [1.165, 1.54) is 17.5 Å². The van der Waals surface area contributed by atoms with E-state index in [4.69, 9.17) is 4.74 Å². The zero-order valence-corrected chi connectivity index (χ0v) is 14.2. The average molecular weight is 343 g/mol. The van der Waals surface area contributed by atoms with Gasteiger partial charge in [0.1, 0.15) is 11.1 Å². The van der Waals surface area contributed by atoms with Crippen LogP contribution in [-0.4, -0.2) is 33.0 Å². The molecule has 1 aromatic carbocycles. The van der Waals surface area contributed by atoms with E-state index in [2.05, 4.69) is 20.6 Å². The van der Waals surface area contributed by atoms with Crippen LogP contribution in [0.3, 0.4) is 0 Å². The number of aromatic nitrogens is 4. The van der Waals surface area contributed by atoms with Gasteiger partial charge in [-0.1, -0.05) is 41.7 Å². The van der Waals surface area contributed by atoms with E-state index in [-0.39, 0.29) is 12.0 Å². The van der Waals surface area contributed by atoms with Crippen molar-refractivity contribution in [3.05, 3.63) is 58.9 Å². The monoisotopic (exact) mass is 343 g/mol. The summed E-state index contributed by atoms with van der Waals surface area (Å²) in [6, 6.07) is 9.94. The van der Waals surface area contributed by atoms with Crippen LogP contribution in [0.4, 0.5) is 5.13 Å². The Morgan fingerprint density at radius 1 is 1.33 bits per heavy atom. The van der Waals surface area contributed by atoms with E-state index in [0.29, 0.717) is 22.2 Å². The van der Waals surface area contributed by atoms with Crippen molar-refractivity contribution in [3.63, 3.8) is 0 Å². The van der Waals surface area contributed by atoms with E-state index in [1.807, 2.05) is 37.3 Å². The lowest BCUT2D eigenvalue weighted by molar-refractivity contribution is 0.102. The zero-order chi connectivity index (χ0) is 16.9. The molecule has 124 valence electrons. The predicted molar refractivity (Wildman–Crippen MR) is 91.1 cm³/mol. The molecule has 0 aliphatic rings. The van der Waals surface area contributed by atoms with Gasteiger partial charge in [-0.2, -0.15) is 5.10 Å². The highest BCUT2D eigenvalue weighted by molar-refractivity contribution is 7.15. The Kier molecular flexibility index (Phi) is 4.97. The Balaban J connectivity index is 1.64. The van der Waals surface area contributed by atoms with Gasteiger partial charge in [0, 0.05) is 13.3 Å². The van der Waals surface area contributed by atoms with Crippen molar-refractivity contribution in [1.82, 2.24) is 20.0 Å². The van der Waals surface area contributed by atoms with Gasteiger partial charge in [-0.15, -0.1) is 10.2 Å². The van der Waals surface area contributed by atoms with Crippen molar-refractivity contribution in [3.8, 4) is 0 Å². The lowest BCUT2D eigenvalue weighted by Crippen LogP contribution is -2.11. The lowest BCUT2D eigenvalue weighted by Gasteiger charge is -2.02. The molecule has 7 nitrogen and oxygen atoms in total. The number of ether oxygens (including phenoxy) is 1. The zero-order valence-electron chi connectivity index (χ0n) is 13.3. The number of anilines is 1. The first-order valence-corrected chi connectivity index (χ1v) is 8.21.